The Morgan fingerprint density at radius 2 is 1.54 bits per heavy atom. The third-order valence-electron chi connectivity index (χ3n) is 12.5. The van der Waals surface area contributed by atoms with Crippen LogP contribution in [0.4, 0.5) is 0 Å². The van der Waals surface area contributed by atoms with Gasteiger partial charge in [-0.25, -0.2) is 4.79 Å². The Hall–Kier alpha value is -3.16. The lowest BCUT2D eigenvalue weighted by Gasteiger charge is -2.61. The zero-order valence-corrected chi connectivity index (χ0v) is 33.6. The fourth-order valence-corrected chi connectivity index (χ4v) is 9.68. The topological polar surface area (TPSA) is 117 Å². The maximum absolute atomic E-state index is 12.5. The van der Waals surface area contributed by atoms with E-state index in [1.807, 2.05) is 43.3 Å². The fraction of sp³-hybridized carbons (Fsp3) is 0.644. The van der Waals surface area contributed by atoms with Crippen LogP contribution in [0.3, 0.4) is 0 Å². The molecule has 0 amide bonds. The van der Waals surface area contributed by atoms with Gasteiger partial charge >= 0.3 is 5.97 Å². The minimum absolute atomic E-state index is 0.00487. The highest BCUT2D eigenvalue weighted by molar-refractivity contribution is 5.81. The van der Waals surface area contributed by atoms with Crippen LogP contribution >= 0.6 is 0 Å². The lowest BCUT2D eigenvalue weighted by molar-refractivity contribution is -0.371. The first-order chi connectivity index (χ1) is 27.0. The number of hydrogen-bond donors (Lipinski definition) is 0. The van der Waals surface area contributed by atoms with E-state index in [-0.39, 0.29) is 61.0 Å². The van der Waals surface area contributed by atoms with Crippen molar-refractivity contribution in [1.82, 2.24) is 0 Å². The highest BCUT2D eigenvalue weighted by Crippen LogP contribution is 2.52. The van der Waals surface area contributed by atoms with Gasteiger partial charge in [0, 0.05) is 38.7 Å². The van der Waals surface area contributed by atoms with Gasteiger partial charge in [0.05, 0.1) is 87.1 Å². The number of fused-ring (bicyclic) bond motifs is 4. The van der Waals surface area contributed by atoms with E-state index in [2.05, 4.69) is 38.1 Å². The summed E-state index contributed by atoms with van der Waals surface area (Å²) in [6.45, 7) is 9.52. The van der Waals surface area contributed by atoms with Gasteiger partial charge in [0.25, 0.3) is 0 Å². The number of esters is 1. The van der Waals surface area contributed by atoms with E-state index >= 15 is 0 Å². The monoisotopic (exact) mass is 776 g/mol. The summed E-state index contributed by atoms with van der Waals surface area (Å²) >= 11 is 0. The molecule has 11 heteroatoms. The molecule has 0 N–H and O–H groups in total. The predicted octanol–water partition coefficient (Wildman–Crippen LogP) is 6.97. The predicted molar refractivity (Wildman–Crippen MR) is 207 cm³/mol. The average molecular weight is 777 g/mol. The highest BCUT2D eigenvalue weighted by atomic mass is 16.6. The van der Waals surface area contributed by atoms with Crippen LogP contribution in [0.2, 0.25) is 0 Å². The van der Waals surface area contributed by atoms with Crippen LogP contribution in [0.1, 0.15) is 96.6 Å². The second-order valence-electron chi connectivity index (χ2n) is 17.0. The van der Waals surface area contributed by atoms with E-state index in [0.29, 0.717) is 51.9 Å². The van der Waals surface area contributed by atoms with Gasteiger partial charge < -0.3 is 42.6 Å². The molecule has 5 fully saturated rings. The van der Waals surface area contributed by atoms with E-state index in [4.69, 9.17) is 42.6 Å². The number of methoxy groups -OCH3 is 1. The second-order valence-corrected chi connectivity index (χ2v) is 17.0. The summed E-state index contributed by atoms with van der Waals surface area (Å²) in [4.78, 5) is 24.2. The number of hydrogen-bond acceptors (Lipinski definition) is 11. The first-order valence-electron chi connectivity index (χ1n) is 20.5. The molecule has 12 atom stereocenters. The summed E-state index contributed by atoms with van der Waals surface area (Å²) in [5, 5.41) is 0. The lowest BCUT2D eigenvalue weighted by atomic mass is 9.72. The van der Waals surface area contributed by atoms with Crippen LogP contribution in [0.15, 0.2) is 73.0 Å². The number of benzene rings is 2. The summed E-state index contributed by atoms with van der Waals surface area (Å²) < 4.78 is 58.4. The summed E-state index contributed by atoms with van der Waals surface area (Å²) in [6, 6.07) is 20.5. The van der Waals surface area contributed by atoms with Crippen LogP contribution < -0.4 is 0 Å². The fourth-order valence-electron chi connectivity index (χ4n) is 9.68. The maximum Gasteiger partial charge on any atom is 0.333 e. The molecule has 0 aliphatic carbocycles. The minimum Gasteiger partial charge on any atom is -0.495 e. The first kappa shape index (κ1) is 41.0. The van der Waals surface area contributed by atoms with Gasteiger partial charge in [-0.15, -0.1) is 0 Å². The number of rotatable bonds is 14. The molecule has 56 heavy (non-hydrogen) atoms. The van der Waals surface area contributed by atoms with Crippen LogP contribution in [0, 0.1) is 0 Å². The second kappa shape index (κ2) is 17.8. The van der Waals surface area contributed by atoms with E-state index in [0.717, 1.165) is 24.8 Å². The zero-order valence-electron chi connectivity index (χ0n) is 33.6. The highest BCUT2D eigenvalue weighted by Gasteiger charge is 2.63. The number of carbonyl (C=O) groups excluding carboxylic acids is 2. The zero-order chi connectivity index (χ0) is 39.3. The van der Waals surface area contributed by atoms with Gasteiger partial charge in [-0.3, -0.25) is 4.79 Å². The molecule has 2 aromatic rings. The van der Waals surface area contributed by atoms with Gasteiger partial charge in [-0.05, 0) is 64.5 Å². The van der Waals surface area contributed by atoms with Crippen molar-refractivity contribution in [2.75, 3.05) is 13.7 Å². The molecule has 0 saturated carbocycles. The number of ketones is 1. The van der Waals surface area contributed by atoms with Gasteiger partial charge in [-0.1, -0.05) is 60.7 Å². The van der Waals surface area contributed by atoms with Gasteiger partial charge in [-0.2, -0.15) is 0 Å². The molecule has 5 saturated heterocycles. The van der Waals surface area contributed by atoms with Gasteiger partial charge in [0.15, 0.2) is 0 Å². The van der Waals surface area contributed by atoms with Crippen molar-refractivity contribution in [2.45, 2.75) is 170 Å². The summed E-state index contributed by atoms with van der Waals surface area (Å²) in [6.07, 6.45) is 6.35. The van der Waals surface area contributed by atoms with Gasteiger partial charge in [0.2, 0.25) is 0 Å². The lowest BCUT2D eigenvalue weighted by Crippen LogP contribution is -2.72. The van der Waals surface area contributed by atoms with E-state index in [1.165, 1.54) is 25.0 Å². The number of ether oxygens (including phenoxy) is 9. The van der Waals surface area contributed by atoms with Crippen molar-refractivity contribution in [2.24, 2.45) is 0 Å². The molecule has 5 aliphatic heterocycles. The van der Waals surface area contributed by atoms with Crippen molar-refractivity contribution in [3.05, 3.63) is 84.1 Å². The molecule has 0 aromatic heterocycles. The Balaban J connectivity index is 1.04. The standard InChI is InChI=1S/C45H60O11/c1-30(46)26-43(2)38(50-22-20-42(47)48-5)19-18-34-36(55-43)24-35-37(53-34)27-44(3)39(54-35)25-41-45(4,56-44)40(51-29-32-15-10-7-11-16-32)23-33(52-41)17-12-21-49-28-31-13-8-6-9-14-31/h6-11,13-16,20,22,33-41H,12,17-19,21,23-29H2,1-5H3/b22-20+/t33-,34+,35+,36-,37-,38-,39-,40-,41+,43+,44+,45-/m0/s1. The SMILES string of the molecule is COC(=O)/C=C/O[C@H]1CC[C@H]2O[C@H]3C[C@@]4(C)O[C@@]5(C)[C@@H](OCc6ccccc6)C[C@H](CCCOCc6ccccc6)O[C@@H]5C[C@@H]4O[C@@H]3C[C@@H]2O[C@]1(C)CC(C)=O. The Bertz CT molecular complexity index is 1640. The van der Waals surface area contributed by atoms with Crippen molar-refractivity contribution >= 4 is 11.8 Å². The van der Waals surface area contributed by atoms with Crippen LogP contribution in [0.25, 0.3) is 0 Å². The number of carbonyl (C=O) groups is 2. The average Bonchev–Trinajstić information content (AvgIpc) is 3.29. The molecule has 5 aliphatic rings. The Labute approximate surface area is 331 Å². The quantitative estimate of drug-likeness (QED) is 0.0858. The molecule has 0 radical (unpaired) electrons. The third-order valence-corrected chi connectivity index (χ3v) is 12.5. The maximum atomic E-state index is 12.5. The molecular formula is C45H60O11. The molecule has 0 spiro atoms. The Kier molecular flexibility index (Phi) is 13.0. The normalized spacial score (nSPS) is 38.0. The smallest absolute Gasteiger partial charge is 0.333 e. The first-order valence-corrected chi connectivity index (χ1v) is 20.5. The number of Topliss-reactive ketones (excluding diaryl/α,β-unsaturated/α-hetero) is 1. The third kappa shape index (κ3) is 9.41. The van der Waals surface area contributed by atoms with Crippen molar-refractivity contribution in [3.8, 4) is 0 Å². The largest absolute Gasteiger partial charge is 0.495 e. The summed E-state index contributed by atoms with van der Waals surface area (Å²) in [5.74, 6) is -0.522. The summed E-state index contributed by atoms with van der Waals surface area (Å²) in [7, 11) is 1.31. The molecular weight excluding hydrogens is 716 g/mol. The van der Waals surface area contributed by atoms with E-state index in [1.54, 1.807) is 6.92 Å². The Morgan fingerprint density at radius 1 is 0.804 bits per heavy atom. The minimum atomic E-state index is -0.923. The van der Waals surface area contributed by atoms with Crippen molar-refractivity contribution in [1.29, 1.82) is 0 Å². The van der Waals surface area contributed by atoms with Crippen LogP contribution in [-0.2, 0) is 65.4 Å². The molecule has 7 rings (SSSR count). The van der Waals surface area contributed by atoms with E-state index in [9.17, 15) is 9.59 Å². The molecule has 0 bridgehead atoms. The summed E-state index contributed by atoms with van der Waals surface area (Å²) in [5.41, 5.74) is 0.0365. The molecule has 2 aromatic carbocycles. The van der Waals surface area contributed by atoms with Crippen LogP contribution in [-0.4, -0.2) is 97.2 Å². The van der Waals surface area contributed by atoms with Crippen molar-refractivity contribution < 1.29 is 52.2 Å². The van der Waals surface area contributed by atoms with Crippen molar-refractivity contribution in [3.63, 3.8) is 0 Å². The molecule has 5 heterocycles. The molecule has 0 unspecified atom stereocenters. The molecule has 11 nitrogen and oxygen atoms in total. The van der Waals surface area contributed by atoms with Gasteiger partial charge in [0.1, 0.15) is 23.1 Å². The Morgan fingerprint density at radius 3 is 2.25 bits per heavy atom. The van der Waals surface area contributed by atoms with E-state index < -0.39 is 28.9 Å². The molecule has 306 valence electrons. The van der Waals surface area contributed by atoms with Crippen LogP contribution in [0.5, 0.6) is 0 Å².